The smallest absolute Gasteiger partial charge is 0.148 e. The van der Waals surface area contributed by atoms with E-state index in [0.717, 1.165) is 5.75 Å². The highest BCUT2D eigenvalue weighted by atomic mass is 32.2. The van der Waals surface area contributed by atoms with Gasteiger partial charge in [-0.05, 0) is 13.8 Å². The molecular weight excluding hydrogens is 242 g/mol. The van der Waals surface area contributed by atoms with Crippen molar-refractivity contribution in [2.24, 2.45) is 0 Å². The zero-order valence-corrected chi connectivity index (χ0v) is 12.8. The molecule has 0 heterocycles. The Kier molecular flexibility index (Phi) is 6.36. The van der Waals surface area contributed by atoms with Gasteiger partial charge in [-0.2, -0.15) is 11.8 Å². The van der Waals surface area contributed by atoms with Crippen LogP contribution >= 0.6 is 11.8 Å². The maximum atomic E-state index is 11.1. The molecule has 0 fully saturated rings. The summed E-state index contributed by atoms with van der Waals surface area (Å²) in [6, 6.07) is 0.353. The summed E-state index contributed by atoms with van der Waals surface area (Å²) in [5.41, 5.74) is 0. The highest BCUT2D eigenvalue weighted by Crippen LogP contribution is 2.23. The molecule has 0 aliphatic heterocycles. The van der Waals surface area contributed by atoms with Crippen LogP contribution in [0.15, 0.2) is 0 Å². The van der Waals surface area contributed by atoms with Gasteiger partial charge in [0.1, 0.15) is 9.84 Å². The van der Waals surface area contributed by atoms with E-state index < -0.39 is 9.84 Å². The first-order chi connectivity index (χ1) is 6.99. The van der Waals surface area contributed by atoms with E-state index in [1.54, 1.807) is 0 Å². The third kappa shape index (κ3) is 10.8. The van der Waals surface area contributed by atoms with Gasteiger partial charge in [-0.25, -0.2) is 8.42 Å². The molecule has 1 N–H and O–H groups in total. The van der Waals surface area contributed by atoms with Gasteiger partial charge in [0.2, 0.25) is 0 Å². The van der Waals surface area contributed by atoms with E-state index in [0.29, 0.717) is 6.04 Å². The summed E-state index contributed by atoms with van der Waals surface area (Å²) in [6.07, 6.45) is 1.28. The van der Waals surface area contributed by atoms with Crippen molar-refractivity contribution in [3.63, 3.8) is 0 Å². The van der Waals surface area contributed by atoms with Crippen LogP contribution in [0.25, 0.3) is 0 Å². The second-order valence-electron chi connectivity index (χ2n) is 5.48. The molecule has 0 aliphatic carbocycles. The van der Waals surface area contributed by atoms with Gasteiger partial charge >= 0.3 is 0 Å². The third-order valence-electron chi connectivity index (χ3n) is 1.89. The molecular formula is C11H25NO2S2. The molecule has 5 heteroatoms. The van der Waals surface area contributed by atoms with E-state index in [-0.39, 0.29) is 16.5 Å². The van der Waals surface area contributed by atoms with Gasteiger partial charge in [-0.3, -0.25) is 0 Å². The number of hydrogen-bond acceptors (Lipinski definition) is 4. The summed E-state index contributed by atoms with van der Waals surface area (Å²) in [4.78, 5) is 0. The molecule has 2 unspecified atom stereocenters. The van der Waals surface area contributed by atoms with E-state index in [9.17, 15) is 8.42 Å². The van der Waals surface area contributed by atoms with Crippen LogP contribution in [0.1, 0.15) is 34.6 Å². The predicted molar refractivity (Wildman–Crippen MR) is 74.0 cm³/mol. The first-order valence-electron chi connectivity index (χ1n) is 5.57. The molecule has 0 saturated heterocycles. The van der Waals surface area contributed by atoms with Crippen LogP contribution in [-0.2, 0) is 9.84 Å². The lowest BCUT2D eigenvalue weighted by molar-refractivity contribution is 0.514. The first kappa shape index (κ1) is 16.3. The molecule has 3 nitrogen and oxygen atoms in total. The fraction of sp³-hybridized carbons (Fsp3) is 1.00. The van der Waals surface area contributed by atoms with Crippen molar-refractivity contribution in [2.75, 3.05) is 17.8 Å². The Labute approximate surface area is 105 Å². The number of nitrogens with one attached hydrogen (secondary N) is 1. The Morgan fingerprint density at radius 1 is 1.19 bits per heavy atom. The van der Waals surface area contributed by atoms with Crippen molar-refractivity contribution in [3.05, 3.63) is 0 Å². The lowest BCUT2D eigenvalue weighted by atomic mass is 10.3. The SMILES string of the molecule is CC(CSC(C)(C)C)NC(C)CS(C)(=O)=O. The Balaban J connectivity index is 3.92. The number of hydrogen-bond donors (Lipinski definition) is 1. The Hall–Kier alpha value is 0.260. The van der Waals surface area contributed by atoms with Gasteiger partial charge < -0.3 is 5.32 Å². The van der Waals surface area contributed by atoms with Crippen molar-refractivity contribution >= 4 is 21.6 Å². The summed E-state index contributed by atoms with van der Waals surface area (Å²) < 4.78 is 22.5. The molecule has 0 aliphatic rings. The molecule has 0 aromatic heterocycles. The quantitative estimate of drug-likeness (QED) is 0.799. The summed E-state index contributed by atoms with van der Waals surface area (Å²) in [6.45, 7) is 10.6. The van der Waals surface area contributed by atoms with Gasteiger partial charge in [0.25, 0.3) is 0 Å². The predicted octanol–water partition coefficient (Wildman–Crippen LogP) is 1.93. The Morgan fingerprint density at radius 3 is 2.06 bits per heavy atom. The van der Waals surface area contributed by atoms with E-state index in [2.05, 4.69) is 33.0 Å². The maximum Gasteiger partial charge on any atom is 0.148 e. The standard InChI is InChI=1S/C11H25NO2S2/c1-9(7-15-11(3,4)5)12-10(2)8-16(6,13)14/h9-10,12H,7-8H2,1-6H3. The van der Waals surface area contributed by atoms with Crippen molar-refractivity contribution in [3.8, 4) is 0 Å². The van der Waals surface area contributed by atoms with Crippen LogP contribution < -0.4 is 5.32 Å². The van der Waals surface area contributed by atoms with Gasteiger partial charge in [-0.1, -0.05) is 20.8 Å². The minimum absolute atomic E-state index is 0.0190. The monoisotopic (exact) mass is 267 g/mol. The van der Waals surface area contributed by atoms with Crippen LogP contribution in [0.3, 0.4) is 0 Å². The molecule has 0 spiro atoms. The van der Waals surface area contributed by atoms with Crippen LogP contribution in [0, 0.1) is 0 Å². The molecule has 0 bridgehead atoms. The highest BCUT2D eigenvalue weighted by molar-refractivity contribution is 8.00. The molecule has 0 aromatic carbocycles. The minimum atomic E-state index is -2.88. The van der Waals surface area contributed by atoms with Crippen molar-refractivity contribution < 1.29 is 8.42 Å². The van der Waals surface area contributed by atoms with Crippen molar-refractivity contribution in [2.45, 2.75) is 51.4 Å². The molecule has 16 heavy (non-hydrogen) atoms. The van der Waals surface area contributed by atoms with Crippen LogP contribution in [0.4, 0.5) is 0 Å². The third-order valence-corrected chi connectivity index (χ3v) is 4.53. The lowest BCUT2D eigenvalue weighted by Gasteiger charge is -2.23. The normalized spacial score (nSPS) is 17.1. The number of thioether (sulfide) groups is 1. The maximum absolute atomic E-state index is 11.1. The molecule has 2 atom stereocenters. The van der Waals surface area contributed by atoms with E-state index in [1.807, 2.05) is 18.7 Å². The highest BCUT2D eigenvalue weighted by Gasteiger charge is 2.16. The topological polar surface area (TPSA) is 46.2 Å². The van der Waals surface area contributed by atoms with Gasteiger partial charge in [-0.15, -0.1) is 0 Å². The minimum Gasteiger partial charge on any atom is -0.310 e. The zero-order valence-electron chi connectivity index (χ0n) is 11.2. The summed E-state index contributed by atoms with van der Waals surface area (Å²) >= 11 is 1.89. The summed E-state index contributed by atoms with van der Waals surface area (Å²) in [5, 5.41) is 3.31. The van der Waals surface area contributed by atoms with Crippen LogP contribution in [-0.4, -0.2) is 43.0 Å². The summed E-state index contributed by atoms with van der Waals surface area (Å²) in [5.74, 6) is 1.20. The van der Waals surface area contributed by atoms with Crippen molar-refractivity contribution in [1.29, 1.82) is 0 Å². The average molecular weight is 267 g/mol. The lowest BCUT2D eigenvalue weighted by Crippen LogP contribution is -2.40. The fourth-order valence-electron chi connectivity index (χ4n) is 1.41. The van der Waals surface area contributed by atoms with Gasteiger partial charge in [0.05, 0.1) is 5.75 Å². The zero-order chi connectivity index (χ0) is 13.0. The average Bonchev–Trinajstić information content (AvgIpc) is 1.95. The van der Waals surface area contributed by atoms with E-state index in [4.69, 9.17) is 0 Å². The molecule has 0 saturated carbocycles. The second-order valence-corrected chi connectivity index (χ2v) is 9.52. The fourth-order valence-corrected chi connectivity index (χ4v) is 3.26. The van der Waals surface area contributed by atoms with Gasteiger partial charge in [0.15, 0.2) is 0 Å². The Morgan fingerprint density at radius 2 is 1.69 bits per heavy atom. The molecule has 98 valence electrons. The first-order valence-corrected chi connectivity index (χ1v) is 8.62. The van der Waals surface area contributed by atoms with Crippen LogP contribution in [0.5, 0.6) is 0 Å². The second kappa shape index (κ2) is 6.26. The van der Waals surface area contributed by atoms with E-state index >= 15 is 0 Å². The van der Waals surface area contributed by atoms with E-state index in [1.165, 1.54) is 6.26 Å². The Bertz CT molecular complexity index is 294. The van der Waals surface area contributed by atoms with Gasteiger partial charge in [0, 0.05) is 28.8 Å². The molecule has 0 radical (unpaired) electrons. The summed E-state index contributed by atoms with van der Waals surface area (Å²) in [7, 11) is -2.88. The molecule has 0 amide bonds. The largest absolute Gasteiger partial charge is 0.310 e. The molecule has 0 aromatic rings. The number of rotatable bonds is 6. The van der Waals surface area contributed by atoms with Crippen LogP contribution in [0.2, 0.25) is 0 Å². The molecule has 0 rings (SSSR count). The number of sulfone groups is 1. The van der Waals surface area contributed by atoms with Crippen molar-refractivity contribution in [1.82, 2.24) is 5.32 Å².